The molecule has 0 aliphatic rings. The zero-order chi connectivity index (χ0) is 16.4. The van der Waals surface area contributed by atoms with Crippen LogP contribution in [0.3, 0.4) is 0 Å². The Morgan fingerprint density at radius 1 is 1.04 bits per heavy atom. The molecule has 4 nitrogen and oxygen atoms in total. The predicted octanol–water partition coefficient (Wildman–Crippen LogP) is 3.84. The molecule has 3 aromatic rings. The van der Waals surface area contributed by atoms with E-state index in [0.29, 0.717) is 5.56 Å². The summed E-state index contributed by atoms with van der Waals surface area (Å²) < 4.78 is 1.54. The lowest BCUT2D eigenvalue weighted by molar-refractivity contribution is 0.835. The summed E-state index contributed by atoms with van der Waals surface area (Å²) in [5.41, 5.74) is 5.22. The quantitative estimate of drug-likeness (QED) is 0.734. The van der Waals surface area contributed by atoms with Crippen LogP contribution < -0.4 is 5.56 Å². The Kier molecular flexibility index (Phi) is 3.98. The first-order valence-corrected chi connectivity index (χ1v) is 7.54. The minimum atomic E-state index is -0.0947. The normalized spacial score (nSPS) is 11.3. The molecule has 0 saturated heterocycles. The Morgan fingerprint density at radius 2 is 1.78 bits per heavy atom. The lowest BCUT2D eigenvalue weighted by Crippen LogP contribution is -2.17. The zero-order valence-corrected chi connectivity index (χ0v) is 13.5. The van der Waals surface area contributed by atoms with Gasteiger partial charge in [0, 0.05) is 11.9 Å². The SMILES string of the molecule is Cc1ccc(C)c(N=Cc2c(C)[nH]n(-c3ccccc3)c2=O)c1. The summed E-state index contributed by atoms with van der Waals surface area (Å²) in [6.45, 7) is 5.92. The van der Waals surface area contributed by atoms with Gasteiger partial charge in [0.25, 0.3) is 5.56 Å². The minimum absolute atomic E-state index is 0.0947. The Labute approximate surface area is 135 Å². The summed E-state index contributed by atoms with van der Waals surface area (Å²) in [4.78, 5) is 17.1. The highest BCUT2D eigenvalue weighted by molar-refractivity contribution is 5.83. The fourth-order valence-corrected chi connectivity index (χ4v) is 2.46. The fourth-order valence-electron chi connectivity index (χ4n) is 2.46. The van der Waals surface area contributed by atoms with Crippen molar-refractivity contribution in [3.05, 3.63) is 81.3 Å². The highest BCUT2D eigenvalue weighted by atomic mass is 16.1. The average Bonchev–Trinajstić information content (AvgIpc) is 2.84. The van der Waals surface area contributed by atoms with E-state index in [2.05, 4.69) is 16.2 Å². The van der Waals surface area contributed by atoms with Gasteiger partial charge in [-0.1, -0.05) is 30.3 Å². The molecule has 0 saturated carbocycles. The maximum absolute atomic E-state index is 12.6. The van der Waals surface area contributed by atoms with Gasteiger partial charge in [-0.05, 0) is 50.1 Å². The summed E-state index contributed by atoms with van der Waals surface area (Å²) in [5.74, 6) is 0. The third kappa shape index (κ3) is 3.01. The van der Waals surface area contributed by atoms with Gasteiger partial charge in [0.05, 0.1) is 16.9 Å². The number of rotatable bonds is 3. The smallest absolute Gasteiger partial charge is 0.280 e. The third-order valence-electron chi connectivity index (χ3n) is 3.83. The molecule has 23 heavy (non-hydrogen) atoms. The molecule has 0 amide bonds. The van der Waals surface area contributed by atoms with Crippen LogP contribution in [0.2, 0.25) is 0 Å². The fraction of sp³-hybridized carbons (Fsp3) is 0.158. The summed E-state index contributed by atoms with van der Waals surface area (Å²) in [6.07, 6.45) is 1.65. The number of aryl methyl sites for hydroxylation is 3. The standard InChI is InChI=1S/C19H19N3O/c1-13-9-10-14(2)18(11-13)20-12-17-15(3)21-22(19(17)23)16-7-5-4-6-8-16/h4-12,21H,1-3H3. The molecule has 0 atom stereocenters. The maximum Gasteiger partial charge on any atom is 0.280 e. The number of nitrogens with one attached hydrogen (secondary N) is 1. The van der Waals surface area contributed by atoms with Crippen LogP contribution in [0, 0.1) is 20.8 Å². The van der Waals surface area contributed by atoms with Gasteiger partial charge in [0.1, 0.15) is 0 Å². The van der Waals surface area contributed by atoms with E-state index >= 15 is 0 Å². The van der Waals surface area contributed by atoms with Crippen LogP contribution in [0.4, 0.5) is 5.69 Å². The van der Waals surface area contributed by atoms with Crippen LogP contribution in [0.5, 0.6) is 0 Å². The van der Waals surface area contributed by atoms with Gasteiger partial charge in [-0.3, -0.25) is 14.9 Å². The van der Waals surface area contributed by atoms with Crippen molar-refractivity contribution in [3.63, 3.8) is 0 Å². The van der Waals surface area contributed by atoms with E-state index in [1.807, 2.05) is 63.2 Å². The molecular formula is C19H19N3O. The summed E-state index contributed by atoms with van der Waals surface area (Å²) in [5, 5.41) is 3.10. The second kappa shape index (κ2) is 6.08. The average molecular weight is 305 g/mol. The molecular weight excluding hydrogens is 286 g/mol. The number of aliphatic imine (C=N–C) groups is 1. The topological polar surface area (TPSA) is 50.1 Å². The molecule has 116 valence electrons. The van der Waals surface area contributed by atoms with Crippen molar-refractivity contribution in [2.75, 3.05) is 0 Å². The molecule has 0 aliphatic heterocycles. The second-order valence-electron chi connectivity index (χ2n) is 5.67. The van der Waals surface area contributed by atoms with Crippen molar-refractivity contribution in [2.24, 2.45) is 4.99 Å². The third-order valence-corrected chi connectivity index (χ3v) is 3.83. The number of aromatic nitrogens is 2. The zero-order valence-electron chi connectivity index (χ0n) is 13.5. The van der Waals surface area contributed by atoms with E-state index in [1.165, 1.54) is 0 Å². The van der Waals surface area contributed by atoms with Crippen molar-refractivity contribution in [2.45, 2.75) is 20.8 Å². The monoisotopic (exact) mass is 305 g/mol. The van der Waals surface area contributed by atoms with E-state index in [-0.39, 0.29) is 5.56 Å². The maximum atomic E-state index is 12.6. The van der Waals surface area contributed by atoms with Crippen LogP contribution in [-0.4, -0.2) is 16.0 Å². The number of hydrogen-bond acceptors (Lipinski definition) is 2. The van der Waals surface area contributed by atoms with Gasteiger partial charge in [-0.15, -0.1) is 0 Å². The second-order valence-corrected chi connectivity index (χ2v) is 5.67. The number of para-hydroxylation sites is 1. The molecule has 1 N–H and O–H groups in total. The molecule has 3 rings (SSSR count). The summed E-state index contributed by atoms with van der Waals surface area (Å²) >= 11 is 0. The highest BCUT2D eigenvalue weighted by Crippen LogP contribution is 2.19. The number of aromatic amines is 1. The molecule has 0 unspecified atom stereocenters. The van der Waals surface area contributed by atoms with E-state index in [4.69, 9.17) is 0 Å². The van der Waals surface area contributed by atoms with Gasteiger partial charge < -0.3 is 0 Å². The van der Waals surface area contributed by atoms with Crippen LogP contribution in [-0.2, 0) is 0 Å². The lowest BCUT2D eigenvalue weighted by Gasteiger charge is -2.00. The van der Waals surface area contributed by atoms with Crippen LogP contribution in [0.15, 0.2) is 58.3 Å². The molecule has 0 fully saturated rings. The number of nitrogens with zero attached hydrogens (tertiary/aromatic N) is 2. The Balaban J connectivity index is 2.02. The van der Waals surface area contributed by atoms with Crippen molar-refractivity contribution in [1.29, 1.82) is 0 Å². The summed E-state index contributed by atoms with van der Waals surface area (Å²) in [6, 6.07) is 15.6. The molecule has 2 aromatic carbocycles. The summed E-state index contributed by atoms with van der Waals surface area (Å²) in [7, 11) is 0. The molecule has 0 bridgehead atoms. The lowest BCUT2D eigenvalue weighted by atomic mass is 10.1. The highest BCUT2D eigenvalue weighted by Gasteiger charge is 2.10. The molecule has 1 heterocycles. The Hall–Kier alpha value is -2.88. The van der Waals surface area contributed by atoms with Gasteiger partial charge in [-0.2, -0.15) is 0 Å². The minimum Gasteiger partial charge on any atom is -0.295 e. The molecule has 1 aromatic heterocycles. The Bertz CT molecular complexity index is 918. The van der Waals surface area contributed by atoms with Crippen LogP contribution in [0.25, 0.3) is 5.69 Å². The number of hydrogen-bond donors (Lipinski definition) is 1. The number of benzene rings is 2. The van der Waals surface area contributed by atoms with Crippen molar-refractivity contribution in [3.8, 4) is 5.69 Å². The van der Waals surface area contributed by atoms with E-state index in [9.17, 15) is 4.79 Å². The first kappa shape index (κ1) is 15.0. The van der Waals surface area contributed by atoms with Crippen molar-refractivity contribution < 1.29 is 0 Å². The van der Waals surface area contributed by atoms with Gasteiger partial charge in [0.2, 0.25) is 0 Å². The number of H-pyrrole nitrogens is 1. The van der Waals surface area contributed by atoms with Gasteiger partial charge in [0.15, 0.2) is 0 Å². The van der Waals surface area contributed by atoms with E-state index < -0.39 is 0 Å². The first-order chi connectivity index (χ1) is 11.1. The Morgan fingerprint density at radius 3 is 2.52 bits per heavy atom. The molecule has 0 spiro atoms. The van der Waals surface area contributed by atoms with Gasteiger partial charge in [-0.25, -0.2) is 4.68 Å². The van der Waals surface area contributed by atoms with Crippen LogP contribution >= 0.6 is 0 Å². The first-order valence-electron chi connectivity index (χ1n) is 7.54. The molecule has 0 radical (unpaired) electrons. The molecule has 0 aliphatic carbocycles. The predicted molar refractivity (Wildman–Crippen MR) is 94.3 cm³/mol. The van der Waals surface area contributed by atoms with Crippen LogP contribution in [0.1, 0.15) is 22.4 Å². The largest absolute Gasteiger partial charge is 0.295 e. The van der Waals surface area contributed by atoms with Gasteiger partial charge >= 0.3 is 0 Å². The van der Waals surface area contributed by atoms with E-state index in [0.717, 1.165) is 28.2 Å². The van der Waals surface area contributed by atoms with Crippen molar-refractivity contribution in [1.82, 2.24) is 9.78 Å². The molecule has 4 heteroatoms. The van der Waals surface area contributed by atoms with Crippen molar-refractivity contribution >= 4 is 11.9 Å². The van der Waals surface area contributed by atoms with E-state index in [1.54, 1.807) is 10.9 Å².